The Hall–Kier alpha value is -0.920. The molecule has 0 aromatic rings. The Balaban J connectivity index is 2.24. The van der Waals surface area contributed by atoms with Crippen LogP contribution in [0.4, 0.5) is 0 Å². The number of allylic oxidation sites excluding steroid dienone is 2. The van der Waals surface area contributed by atoms with E-state index in [0.29, 0.717) is 5.92 Å². The number of carbonyl (C=O) groups excluding carboxylic acids is 2. The molecule has 0 radical (unpaired) electrons. The van der Waals surface area contributed by atoms with E-state index in [-0.39, 0.29) is 23.9 Å². The first-order valence-corrected chi connectivity index (χ1v) is 4.51. The number of carbonyl (C=O) groups is 2. The molecule has 1 saturated carbocycles. The van der Waals surface area contributed by atoms with Crippen LogP contribution in [0.1, 0.15) is 25.7 Å². The van der Waals surface area contributed by atoms with Gasteiger partial charge in [-0.05, 0) is 24.8 Å². The molecule has 0 N–H and O–H groups in total. The number of ketones is 2. The van der Waals surface area contributed by atoms with E-state index in [0.717, 1.165) is 19.3 Å². The van der Waals surface area contributed by atoms with Crippen molar-refractivity contribution in [2.75, 3.05) is 0 Å². The van der Waals surface area contributed by atoms with Crippen molar-refractivity contribution < 1.29 is 9.59 Å². The zero-order valence-corrected chi connectivity index (χ0v) is 6.95. The van der Waals surface area contributed by atoms with Crippen molar-refractivity contribution in [2.24, 2.45) is 11.8 Å². The summed E-state index contributed by atoms with van der Waals surface area (Å²) >= 11 is 0. The summed E-state index contributed by atoms with van der Waals surface area (Å²) in [4.78, 5) is 22.5. The Morgan fingerprint density at radius 1 is 1.25 bits per heavy atom. The van der Waals surface area contributed by atoms with Gasteiger partial charge in [-0.3, -0.25) is 9.59 Å². The highest BCUT2D eigenvalue weighted by Gasteiger charge is 2.33. The highest BCUT2D eigenvalue weighted by molar-refractivity contribution is 6.06. The van der Waals surface area contributed by atoms with Crippen molar-refractivity contribution in [3.05, 3.63) is 12.2 Å². The maximum Gasteiger partial charge on any atom is 0.162 e. The molecule has 12 heavy (non-hydrogen) atoms. The van der Waals surface area contributed by atoms with Crippen LogP contribution >= 0.6 is 0 Å². The zero-order valence-electron chi connectivity index (χ0n) is 6.95. The van der Waals surface area contributed by atoms with E-state index in [1.165, 1.54) is 0 Å². The minimum atomic E-state index is -0.0191. The third-order valence-electron chi connectivity index (χ3n) is 2.86. The Bertz CT molecular complexity index is 253. The molecule has 2 atom stereocenters. The van der Waals surface area contributed by atoms with Crippen molar-refractivity contribution in [2.45, 2.75) is 25.7 Å². The first-order chi connectivity index (χ1) is 5.77. The molecular formula is C10H12O2. The number of hydrogen-bond donors (Lipinski definition) is 0. The Kier molecular flexibility index (Phi) is 1.83. The highest BCUT2D eigenvalue weighted by atomic mass is 16.1. The van der Waals surface area contributed by atoms with Crippen LogP contribution < -0.4 is 0 Å². The zero-order chi connectivity index (χ0) is 8.55. The van der Waals surface area contributed by atoms with Crippen molar-refractivity contribution in [1.29, 1.82) is 0 Å². The normalized spacial score (nSPS) is 35.0. The van der Waals surface area contributed by atoms with E-state index in [2.05, 4.69) is 0 Å². The summed E-state index contributed by atoms with van der Waals surface area (Å²) in [6, 6.07) is 0. The van der Waals surface area contributed by atoms with Crippen LogP contribution in [0, 0.1) is 11.8 Å². The van der Waals surface area contributed by atoms with E-state index in [1.54, 1.807) is 6.08 Å². The topological polar surface area (TPSA) is 34.1 Å². The maximum atomic E-state index is 11.4. The second-order valence-corrected chi connectivity index (χ2v) is 3.67. The lowest BCUT2D eigenvalue weighted by atomic mass is 9.92. The molecule has 2 aliphatic carbocycles. The monoisotopic (exact) mass is 164 g/mol. The fourth-order valence-corrected chi connectivity index (χ4v) is 2.21. The standard InChI is InChI=1S/C10H12O2/c11-8-5-4-7-2-1-3-9(7)10(12)6-8/h4-5,7,9H,1-3,6H2/t7-,9-/m0/s1. The van der Waals surface area contributed by atoms with Crippen molar-refractivity contribution in [1.82, 2.24) is 0 Å². The fourth-order valence-electron chi connectivity index (χ4n) is 2.21. The number of fused-ring (bicyclic) bond motifs is 1. The summed E-state index contributed by atoms with van der Waals surface area (Å²) in [6.45, 7) is 0. The van der Waals surface area contributed by atoms with E-state index in [1.807, 2.05) is 6.08 Å². The van der Waals surface area contributed by atoms with Gasteiger partial charge in [0.15, 0.2) is 5.78 Å². The van der Waals surface area contributed by atoms with Gasteiger partial charge in [-0.15, -0.1) is 0 Å². The van der Waals surface area contributed by atoms with Gasteiger partial charge in [0, 0.05) is 5.92 Å². The number of Topliss-reactive ketones (excluding diaryl/α,β-unsaturated/α-hetero) is 1. The molecule has 0 saturated heterocycles. The first kappa shape index (κ1) is 7.71. The Morgan fingerprint density at radius 2 is 2.08 bits per heavy atom. The van der Waals surface area contributed by atoms with Gasteiger partial charge in [0.05, 0.1) is 6.42 Å². The molecule has 0 aliphatic heterocycles. The summed E-state index contributed by atoms with van der Waals surface area (Å²) in [6.07, 6.45) is 6.87. The molecule has 0 spiro atoms. The number of rotatable bonds is 0. The van der Waals surface area contributed by atoms with E-state index in [9.17, 15) is 9.59 Å². The second kappa shape index (κ2) is 2.85. The molecule has 0 heterocycles. The smallest absolute Gasteiger partial charge is 0.162 e. The van der Waals surface area contributed by atoms with Gasteiger partial charge >= 0.3 is 0 Å². The average molecular weight is 164 g/mol. The van der Waals surface area contributed by atoms with E-state index >= 15 is 0 Å². The predicted octanol–water partition coefficient (Wildman–Crippen LogP) is 1.50. The van der Waals surface area contributed by atoms with Crippen LogP contribution in [0.3, 0.4) is 0 Å². The van der Waals surface area contributed by atoms with Crippen LogP contribution in [0.25, 0.3) is 0 Å². The Labute approximate surface area is 71.6 Å². The molecule has 0 amide bonds. The molecule has 0 unspecified atom stereocenters. The van der Waals surface area contributed by atoms with Crippen LogP contribution in [0.5, 0.6) is 0 Å². The van der Waals surface area contributed by atoms with Crippen molar-refractivity contribution in [3.8, 4) is 0 Å². The van der Waals surface area contributed by atoms with Crippen LogP contribution in [-0.2, 0) is 9.59 Å². The molecule has 0 aromatic heterocycles. The average Bonchev–Trinajstić information content (AvgIpc) is 2.43. The lowest BCUT2D eigenvalue weighted by Crippen LogP contribution is -2.17. The van der Waals surface area contributed by atoms with Gasteiger partial charge in [-0.25, -0.2) is 0 Å². The molecule has 2 rings (SSSR count). The van der Waals surface area contributed by atoms with Gasteiger partial charge in [0.1, 0.15) is 5.78 Å². The van der Waals surface area contributed by atoms with Gasteiger partial charge in [0.25, 0.3) is 0 Å². The molecule has 2 aliphatic rings. The van der Waals surface area contributed by atoms with Gasteiger partial charge in [-0.1, -0.05) is 12.5 Å². The summed E-state index contributed by atoms with van der Waals surface area (Å²) in [5.41, 5.74) is 0. The molecule has 2 nitrogen and oxygen atoms in total. The molecule has 64 valence electrons. The van der Waals surface area contributed by atoms with Crippen LogP contribution in [-0.4, -0.2) is 11.6 Å². The lowest BCUT2D eigenvalue weighted by Gasteiger charge is -2.10. The molecule has 2 heteroatoms. The van der Waals surface area contributed by atoms with E-state index in [4.69, 9.17) is 0 Å². The third-order valence-corrected chi connectivity index (χ3v) is 2.86. The Morgan fingerprint density at radius 3 is 2.92 bits per heavy atom. The SMILES string of the molecule is O=C1C=C[C@@H]2CCC[C@@H]2C(=O)C1. The van der Waals surface area contributed by atoms with E-state index < -0.39 is 0 Å². The summed E-state index contributed by atoms with van der Waals surface area (Å²) in [5.74, 6) is 0.665. The molecule has 1 fully saturated rings. The summed E-state index contributed by atoms with van der Waals surface area (Å²) < 4.78 is 0. The van der Waals surface area contributed by atoms with Crippen molar-refractivity contribution >= 4 is 11.6 Å². The minimum Gasteiger partial charge on any atom is -0.299 e. The lowest BCUT2D eigenvalue weighted by molar-refractivity contribution is -0.127. The quantitative estimate of drug-likeness (QED) is 0.508. The molecule has 0 bridgehead atoms. The van der Waals surface area contributed by atoms with Gasteiger partial charge < -0.3 is 0 Å². The third kappa shape index (κ3) is 1.22. The van der Waals surface area contributed by atoms with Crippen molar-refractivity contribution in [3.63, 3.8) is 0 Å². The largest absolute Gasteiger partial charge is 0.299 e. The fraction of sp³-hybridized carbons (Fsp3) is 0.600. The second-order valence-electron chi connectivity index (χ2n) is 3.67. The van der Waals surface area contributed by atoms with Crippen LogP contribution in [0.2, 0.25) is 0 Å². The van der Waals surface area contributed by atoms with Gasteiger partial charge in [0.2, 0.25) is 0 Å². The summed E-state index contributed by atoms with van der Waals surface area (Å²) in [7, 11) is 0. The predicted molar refractivity (Wildman–Crippen MR) is 44.6 cm³/mol. The minimum absolute atomic E-state index is 0.0191. The summed E-state index contributed by atoms with van der Waals surface area (Å²) in [5, 5.41) is 0. The first-order valence-electron chi connectivity index (χ1n) is 4.51. The molecule has 0 aromatic carbocycles. The highest BCUT2D eigenvalue weighted by Crippen LogP contribution is 2.35. The molecular weight excluding hydrogens is 152 g/mol. The maximum absolute atomic E-state index is 11.4. The van der Waals surface area contributed by atoms with Crippen LogP contribution in [0.15, 0.2) is 12.2 Å². The number of hydrogen-bond acceptors (Lipinski definition) is 2. The van der Waals surface area contributed by atoms with Gasteiger partial charge in [-0.2, -0.15) is 0 Å².